The standard InChI is InChI=1S/C16H19N3O4S2/c1-18-7-8-19(15-11-24(20,21)10-14(15)18)25(22,23)16-4-2-3-12-9-17-6-5-13(12)16/h2-6,9,14-15H,7-8,10-11H2,1H3/t14-,15+/m1/s1. The summed E-state index contributed by atoms with van der Waals surface area (Å²) in [5.74, 6) is -0.104. The number of pyridine rings is 1. The maximum Gasteiger partial charge on any atom is 0.244 e. The van der Waals surface area contributed by atoms with E-state index < -0.39 is 25.9 Å². The van der Waals surface area contributed by atoms with E-state index in [4.69, 9.17) is 0 Å². The van der Waals surface area contributed by atoms with Crippen molar-refractivity contribution in [2.45, 2.75) is 17.0 Å². The van der Waals surface area contributed by atoms with Gasteiger partial charge in [0.1, 0.15) is 0 Å². The molecular formula is C16H19N3O4S2. The summed E-state index contributed by atoms with van der Waals surface area (Å²) < 4.78 is 52.3. The van der Waals surface area contributed by atoms with E-state index in [0.29, 0.717) is 11.9 Å². The summed E-state index contributed by atoms with van der Waals surface area (Å²) in [4.78, 5) is 6.20. The highest BCUT2D eigenvalue weighted by Crippen LogP contribution is 2.32. The fraction of sp³-hybridized carbons (Fsp3) is 0.438. The Labute approximate surface area is 147 Å². The minimum Gasteiger partial charge on any atom is -0.299 e. The minimum absolute atomic E-state index is 0.0135. The molecule has 7 nitrogen and oxygen atoms in total. The van der Waals surface area contributed by atoms with E-state index in [1.807, 2.05) is 18.0 Å². The van der Waals surface area contributed by atoms with Crippen molar-refractivity contribution in [3.8, 4) is 0 Å². The number of hydrogen-bond donors (Lipinski definition) is 0. The molecule has 2 aromatic rings. The zero-order valence-electron chi connectivity index (χ0n) is 13.7. The molecular weight excluding hydrogens is 362 g/mol. The van der Waals surface area contributed by atoms with Gasteiger partial charge >= 0.3 is 0 Å². The molecule has 0 aliphatic carbocycles. The number of rotatable bonds is 2. The van der Waals surface area contributed by atoms with Crippen molar-refractivity contribution in [1.29, 1.82) is 0 Å². The van der Waals surface area contributed by atoms with Crippen molar-refractivity contribution in [2.24, 2.45) is 0 Å². The Morgan fingerprint density at radius 3 is 2.68 bits per heavy atom. The zero-order valence-corrected chi connectivity index (χ0v) is 15.4. The average Bonchev–Trinajstić information content (AvgIpc) is 2.90. The molecule has 2 aliphatic rings. The van der Waals surface area contributed by atoms with E-state index in [9.17, 15) is 16.8 Å². The average molecular weight is 381 g/mol. The third-order valence-electron chi connectivity index (χ3n) is 5.13. The summed E-state index contributed by atoms with van der Waals surface area (Å²) in [6, 6.07) is 5.94. The van der Waals surface area contributed by atoms with E-state index in [-0.39, 0.29) is 29.0 Å². The second kappa shape index (κ2) is 5.73. The third kappa shape index (κ3) is 2.75. The number of sulfonamides is 1. The fourth-order valence-corrected chi connectivity index (χ4v) is 7.85. The first-order valence-electron chi connectivity index (χ1n) is 8.05. The molecule has 0 spiro atoms. The summed E-state index contributed by atoms with van der Waals surface area (Å²) in [7, 11) is -5.19. The maximum atomic E-state index is 13.4. The SMILES string of the molecule is CN1CCN(S(=O)(=O)c2cccc3cnccc23)[C@H]2CS(=O)(=O)C[C@H]21. The highest BCUT2D eigenvalue weighted by molar-refractivity contribution is 7.92. The minimum atomic E-state index is -3.80. The van der Waals surface area contributed by atoms with Gasteiger partial charge in [-0.05, 0) is 19.2 Å². The van der Waals surface area contributed by atoms with Crippen molar-refractivity contribution in [3.63, 3.8) is 0 Å². The number of fused-ring (bicyclic) bond motifs is 2. The summed E-state index contributed by atoms with van der Waals surface area (Å²) in [6.45, 7) is 0.805. The molecule has 0 amide bonds. The van der Waals surface area contributed by atoms with Gasteiger partial charge in [0.25, 0.3) is 0 Å². The van der Waals surface area contributed by atoms with Gasteiger partial charge < -0.3 is 0 Å². The molecule has 4 rings (SSSR count). The number of likely N-dealkylation sites (N-methyl/N-ethyl adjacent to an activating group) is 1. The van der Waals surface area contributed by atoms with E-state index in [1.54, 1.807) is 30.6 Å². The van der Waals surface area contributed by atoms with Gasteiger partial charge in [-0.3, -0.25) is 9.88 Å². The lowest BCUT2D eigenvalue weighted by Gasteiger charge is -2.41. The number of aromatic nitrogens is 1. The quantitative estimate of drug-likeness (QED) is 0.745. The van der Waals surface area contributed by atoms with Crippen molar-refractivity contribution < 1.29 is 16.8 Å². The Morgan fingerprint density at radius 1 is 1.12 bits per heavy atom. The lowest BCUT2D eigenvalue weighted by molar-refractivity contribution is 0.121. The topological polar surface area (TPSA) is 87.7 Å². The molecule has 3 heterocycles. The Balaban J connectivity index is 1.82. The number of sulfone groups is 1. The second-order valence-corrected chi connectivity index (χ2v) is 10.7. The molecule has 134 valence electrons. The molecule has 0 N–H and O–H groups in total. The van der Waals surface area contributed by atoms with Crippen molar-refractivity contribution in [1.82, 2.24) is 14.2 Å². The van der Waals surface area contributed by atoms with Crippen LogP contribution < -0.4 is 0 Å². The van der Waals surface area contributed by atoms with Gasteiger partial charge in [-0.1, -0.05) is 12.1 Å². The molecule has 2 fully saturated rings. The van der Waals surface area contributed by atoms with E-state index in [0.717, 1.165) is 5.39 Å². The monoisotopic (exact) mass is 381 g/mol. The highest BCUT2D eigenvalue weighted by Gasteiger charge is 2.49. The van der Waals surface area contributed by atoms with E-state index in [1.165, 1.54) is 4.31 Å². The van der Waals surface area contributed by atoms with Gasteiger partial charge in [0.05, 0.1) is 22.4 Å². The number of nitrogens with zero attached hydrogens (tertiary/aromatic N) is 3. The first kappa shape index (κ1) is 16.9. The van der Waals surface area contributed by atoms with Gasteiger partial charge in [0.15, 0.2) is 9.84 Å². The fourth-order valence-electron chi connectivity index (χ4n) is 3.84. The van der Waals surface area contributed by atoms with Crippen molar-refractivity contribution >= 4 is 30.6 Å². The normalized spacial score (nSPS) is 27.4. The van der Waals surface area contributed by atoms with E-state index in [2.05, 4.69) is 4.98 Å². The first-order valence-corrected chi connectivity index (χ1v) is 11.3. The highest BCUT2D eigenvalue weighted by atomic mass is 32.2. The lowest BCUT2D eigenvalue weighted by Crippen LogP contribution is -2.59. The maximum absolute atomic E-state index is 13.4. The van der Waals surface area contributed by atoms with Gasteiger partial charge in [0.2, 0.25) is 10.0 Å². The Morgan fingerprint density at radius 2 is 1.88 bits per heavy atom. The van der Waals surface area contributed by atoms with Crippen LogP contribution in [0.3, 0.4) is 0 Å². The second-order valence-electron chi connectivity index (χ2n) is 6.66. The number of benzene rings is 1. The molecule has 9 heteroatoms. The molecule has 0 radical (unpaired) electrons. The van der Waals surface area contributed by atoms with Crippen LogP contribution in [0.15, 0.2) is 41.6 Å². The molecule has 2 saturated heterocycles. The van der Waals surface area contributed by atoms with Crippen molar-refractivity contribution in [2.75, 3.05) is 31.6 Å². The predicted molar refractivity (Wildman–Crippen MR) is 94.5 cm³/mol. The summed E-state index contributed by atoms with van der Waals surface area (Å²) in [6.07, 6.45) is 3.19. The van der Waals surface area contributed by atoms with Crippen LogP contribution in [0, 0.1) is 0 Å². The Kier molecular flexibility index (Phi) is 3.87. The van der Waals surface area contributed by atoms with Crippen LogP contribution in [0.5, 0.6) is 0 Å². The predicted octanol–water partition coefficient (Wildman–Crippen LogP) is 0.337. The summed E-state index contributed by atoms with van der Waals surface area (Å²) in [5, 5.41) is 1.35. The molecule has 0 bridgehead atoms. The van der Waals surface area contributed by atoms with Gasteiger partial charge in [0, 0.05) is 42.3 Å². The van der Waals surface area contributed by atoms with E-state index >= 15 is 0 Å². The van der Waals surface area contributed by atoms with Crippen LogP contribution >= 0.6 is 0 Å². The first-order chi connectivity index (χ1) is 11.8. The Hall–Kier alpha value is -1.55. The molecule has 25 heavy (non-hydrogen) atoms. The lowest BCUT2D eigenvalue weighted by atomic mass is 10.1. The molecule has 0 saturated carbocycles. The zero-order chi connectivity index (χ0) is 17.8. The molecule has 2 aliphatic heterocycles. The molecule has 1 aromatic carbocycles. The van der Waals surface area contributed by atoms with Gasteiger partial charge in [-0.2, -0.15) is 4.31 Å². The molecule has 1 aromatic heterocycles. The molecule has 0 unspecified atom stereocenters. The summed E-state index contributed by atoms with van der Waals surface area (Å²) in [5.41, 5.74) is 0. The smallest absolute Gasteiger partial charge is 0.244 e. The number of hydrogen-bond acceptors (Lipinski definition) is 6. The van der Waals surface area contributed by atoms with Crippen LogP contribution in [0.1, 0.15) is 0 Å². The number of piperazine rings is 1. The van der Waals surface area contributed by atoms with Gasteiger partial charge in [-0.15, -0.1) is 0 Å². The van der Waals surface area contributed by atoms with Crippen molar-refractivity contribution in [3.05, 3.63) is 36.7 Å². The summed E-state index contributed by atoms with van der Waals surface area (Å²) >= 11 is 0. The van der Waals surface area contributed by atoms with Gasteiger partial charge in [-0.25, -0.2) is 16.8 Å². The van der Waals surface area contributed by atoms with Crippen LogP contribution in [0.2, 0.25) is 0 Å². The van der Waals surface area contributed by atoms with Crippen LogP contribution in [-0.2, 0) is 19.9 Å². The molecule has 2 atom stereocenters. The van der Waals surface area contributed by atoms with Crippen LogP contribution in [-0.4, -0.2) is 74.8 Å². The Bertz CT molecular complexity index is 1030. The van der Waals surface area contributed by atoms with Crippen LogP contribution in [0.4, 0.5) is 0 Å². The largest absolute Gasteiger partial charge is 0.299 e. The third-order valence-corrected chi connectivity index (χ3v) is 8.81. The van der Waals surface area contributed by atoms with Crippen LogP contribution in [0.25, 0.3) is 10.8 Å².